The molecule has 2 N–H and O–H groups in total. The lowest BCUT2D eigenvalue weighted by atomic mass is 10.1. The Morgan fingerprint density at radius 2 is 1.86 bits per heavy atom. The van der Waals surface area contributed by atoms with E-state index in [9.17, 15) is 4.79 Å². The number of hydrogen-bond acceptors (Lipinski definition) is 3. The summed E-state index contributed by atoms with van der Waals surface area (Å²) in [5.41, 5.74) is 10.5. The number of nitrogens with two attached hydrogens (primary N) is 1. The maximum atomic E-state index is 11.6. The van der Waals surface area contributed by atoms with Crippen LogP contribution in [0.1, 0.15) is 15.9 Å². The first kappa shape index (κ1) is 16.3. The molecule has 2 aromatic carbocycles. The van der Waals surface area contributed by atoms with Crippen LogP contribution in [0.2, 0.25) is 0 Å². The van der Waals surface area contributed by atoms with Gasteiger partial charge >= 0.3 is 0 Å². The molecule has 0 aliphatic carbocycles. The summed E-state index contributed by atoms with van der Waals surface area (Å²) in [6.45, 7) is 0.824. The van der Waals surface area contributed by atoms with Gasteiger partial charge < -0.3 is 10.3 Å². The zero-order valence-corrected chi connectivity index (χ0v) is 15.0. The van der Waals surface area contributed by atoms with E-state index in [1.165, 1.54) is 11.9 Å². The van der Waals surface area contributed by atoms with Crippen LogP contribution in [-0.2, 0) is 6.54 Å². The van der Waals surface area contributed by atoms with Gasteiger partial charge in [-0.1, -0.05) is 36.4 Å². The van der Waals surface area contributed by atoms with Crippen molar-refractivity contribution in [2.45, 2.75) is 6.54 Å². The topological polar surface area (TPSA) is 78.2 Å². The number of pyridine rings is 1. The Morgan fingerprint density at radius 3 is 2.68 bits per heavy atom. The standard InChI is InChI=1S/C22H17N5O/c23-21(28)18-7-9-20(27-22(18)24-14-25-27)16-6-8-19-17(12-16)10-11-26(19)13-15-4-2-1-3-5-15/h1-12,14H,13H2,(H2,23,28). The van der Waals surface area contributed by atoms with Gasteiger partial charge in [0, 0.05) is 29.2 Å². The van der Waals surface area contributed by atoms with Gasteiger partial charge in [0.25, 0.3) is 5.91 Å². The van der Waals surface area contributed by atoms with E-state index in [-0.39, 0.29) is 0 Å². The van der Waals surface area contributed by atoms with Crippen LogP contribution in [0.5, 0.6) is 0 Å². The number of hydrogen-bond donors (Lipinski definition) is 1. The predicted molar refractivity (Wildman–Crippen MR) is 108 cm³/mol. The van der Waals surface area contributed by atoms with Crippen LogP contribution in [0.3, 0.4) is 0 Å². The highest BCUT2D eigenvalue weighted by molar-refractivity contribution is 5.99. The third-order valence-corrected chi connectivity index (χ3v) is 4.95. The molecular formula is C22H17N5O. The largest absolute Gasteiger partial charge is 0.365 e. The summed E-state index contributed by atoms with van der Waals surface area (Å²) in [6.07, 6.45) is 3.53. The quantitative estimate of drug-likeness (QED) is 0.528. The van der Waals surface area contributed by atoms with Crippen molar-refractivity contribution in [1.82, 2.24) is 19.2 Å². The van der Waals surface area contributed by atoms with E-state index in [0.29, 0.717) is 11.2 Å². The van der Waals surface area contributed by atoms with E-state index in [4.69, 9.17) is 5.73 Å². The molecular weight excluding hydrogens is 350 g/mol. The molecule has 0 aliphatic heterocycles. The Bertz CT molecular complexity index is 1320. The number of benzene rings is 2. The van der Waals surface area contributed by atoms with E-state index in [0.717, 1.165) is 28.7 Å². The van der Waals surface area contributed by atoms with Crippen molar-refractivity contribution in [2.75, 3.05) is 0 Å². The first-order chi connectivity index (χ1) is 13.7. The molecule has 0 aliphatic rings. The lowest BCUT2D eigenvalue weighted by molar-refractivity contribution is 0.100. The Hall–Kier alpha value is -3.93. The zero-order valence-electron chi connectivity index (χ0n) is 15.0. The molecule has 0 fully saturated rings. The van der Waals surface area contributed by atoms with Crippen molar-refractivity contribution in [3.63, 3.8) is 0 Å². The second kappa shape index (κ2) is 6.35. The van der Waals surface area contributed by atoms with Crippen molar-refractivity contribution in [3.8, 4) is 11.3 Å². The maximum absolute atomic E-state index is 11.6. The molecule has 3 heterocycles. The smallest absolute Gasteiger partial charge is 0.252 e. The third kappa shape index (κ3) is 2.63. The van der Waals surface area contributed by atoms with E-state index in [1.54, 1.807) is 10.6 Å². The second-order valence-electron chi connectivity index (χ2n) is 6.69. The van der Waals surface area contributed by atoms with Gasteiger partial charge in [-0.25, -0.2) is 9.50 Å². The van der Waals surface area contributed by atoms with Gasteiger partial charge in [-0.3, -0.25) is 4.79 Å². The van der Waals surface area contributed by atoms with Crippen LogP contribution >= 0.6 is 0 Å². The second-order valence-corrected chi connectivity index (χ2v) is 6.69. The molecule has 5 rings (SSSR count). The minimum absolute atomic E-state index is 0.358. The molecule has 3 aromatic heterocycles. The minimum Gasteiger partial charge on any atom is -0.365 e. The van der Waals surface area contributed by atoms with E-state index in [2.05, 4.69) is 69.4 Å². The summed E-state index contributed by atoms with van der Waals surface area (Å²) >= 11 is 0. The van der Waals surface area contributed by atoms with Crippen LogP contribution in [0.4, 0.5) is 0 Å². The highest BCUT2D eigenvalue weighted by Crippen LogP contribution is 2.27. The number of primary amides is 1. The Morgan fingerprint density at radius 1 is 1.00 bits per heavy atom. The Balaban J connectivity index is 1.58. The summed E-state index contributed by atoms with van der Waals surface area (Å²) in [5, 5.41) is 5.41. The molecule has 0 bridgehead atoms. The summed E-state index contributed by atoms with van der Waals surface area (Å²) in [4.78, 5) is 15.8. The Kier molecular flexibility index (Phi) is 3.69. The van der Waals surface area contributed by atoms with Crippen molar-refractivity contribution >= 4 is 22.5 Å². The summed E-state index contributed by atoms with van der Waals surface area (Å²) in [7, 11) is 0. The minimum atomic E-state index is -0.516. The number of aromatic nitrogens is 4. The Labute approximate surface area is 160 Å². The highest BCUT2D eigenvalue weighted by Gasteiger charge is 2.14. The number of nitrogens with zero attached hydrogens (tertiary/aromatic N) is 4. The molecule has 5 aromatic rings. The normalized spacial score (nSPS) is 11.3. The lowest BCUT2D eigenvalue weighted by Crippen LogP contribution is -2.13. The maximum Gasteiger partial charge on any atom is 0.252 e. The number of carbonyl (C=O) groups is 1. The monoisotopic (exact) mass is 367 g/mol. The summed E-state index contributed by atoms with van der Waals surface area (Å²) in [6, 6.07) is 22.3. The molecule has 0 unspecified atom stereocenters. The fourth-order valence-corrected chi connectivity index (χ4v) is 3.60. The molecule has 28 heavy (non-hydrogen) atoms. The molecule has 6 nitrogen and oxygen atoms in total. The summed E-state index contributed by atoms with van der Waals surface area (Å²) in [5.74, 6) is -0.516. The van der Waals surface area contributed by atoms with Gasteiger partial charge in [-0.15, -0.1) is 0 Å². The predicted octanol–water partition coefficient (Wildman–Crippen LogP) is 3.50. The average Bonchev–Trinajstić information content (AvgIpc) is 3.35. The van der Waals surface area contributed by atoms with Gasteiger partial charge in [-0.2, -0.15) is 5.10 Å². The van der Waals surface area contributed by atoms with Crippen LogP contribution in [0.25, 0.3) is 27.8 Å². The molecule has 0 saturated heterocycles. The van der Waals surface area contributed by atoms with Crippen LogP contribution in [-0.4, -0.2) is 25.1 Å². The number of rotatable bonds is 4. The first-order valence-corrected chi connectivity index (χ1v) is 8.96. The number of carbonyl (C=O) groups excluding carboxylic acids is 1. The van der Waals surface area contributed by atoms with Gasteiger partial charge in [-0.05, 0) is 35.9 Å². The zero-order chi connectivity index (χ0) is 19.1. The van der Waals surface area contributed by atoms with Crippen molar-refractivity contribution in [3.05, 3.63) is 90.4 Å². The van der Waals surface area contributed by atoms with Crippen LogP contribution < -0.4 is 5.73 Å². The molecule has 136 valence electrons. The van der Waals surface area contributed by atoms with Crippen LogP contribution in [0, 0.1) is 0 Å². The van der Waals surface area contributed by atoms with Gasteiger partial charge in [0.05, 0.1) is 11.3 Å². The van der Waals surface area contributed by atoms with Gasteiger partial charge in [0.15, 0.2) is 5.65 Å². The van der Waals surface area contributed by atoms with Gasteiger partial charge in [0.2, 0.25) is 0 Å². The molecule has 6 heteroatoms. The average molecular weight is 367 g/mol. The van der Waals surface area contributed by atoms with Crippen molar-refractivity contribution in [2.24, 2.45) is 5.73 Å². The number of fused-ring (bicyclic) bond motifs is 2. The molecule has 0 spiro atoms. The molecule has 0 radical (unpaired) electrons. The lowest BCUT2D eigenvalue weighted by Gasteiger charge is -2.09. The van der Waals surface area contributed by atoms with Gasteiger partial charge in [0.1, 0.15) is 6.33 Å². The highest BCUT2D eigenvalue weighted by atomic mass is 16.1. The van der Waals surface area contributed by atoms with E-state index < -0.39 is 5.91 Å². The molecule has 1 amide bonds. The fourth-order valence-electron chi connectivity index (χ4n) is 3.60. The van der Waals surface area contributed by atoms with E-state index in [1.807, 2.05) is 12.1 Å². The SMILES string of the molecule is NC(=O)c1ccc(-c2ccc3c(ccn3Cc3ccccc3)c2)n2ncnc12. The van der Waals surface area contributed by atoms with Crippen molar-refractivity contribution in [1.29, 1.82) is 0 Å². The fraction of sp³-hybridized carbons (Fsp3) is 0.0455. The third-order valence-electron chi connectivity index (χ3n) is 4.95. The molecule has 0 atom stereocenters. The molecule has 0 saturated carbocycles. The number of amides is 1. The van der Waals surface area contributed by atoms with Crippen LogP contribution in [0.15, 0.2) is 79.3 Å². The van der Waals surface area contributed by atoms with E-state index >= 15 is 0 Å². The summed E-state index contributed by atoms with van der Waals surface area (Å²) < 4.78 is 3.89. The first-order valence-electron chi connectivity index (χ1n) is 8.96. The van der Waals surface area contributed by atoms with Crippen molar-refractivity contribution < 1.29 is 4.79 Å².